The molecule has 1 rings (SSSR count). The standard InChI is InChI=1S/C24H35NO13/c1-13(9-8-10-20(30)32-7)18(31-6)11-25-38-24-23(36-17(5)29)22(35-16(4)28)21(34-15(3)27)19(37-24)12-33-14(2)26/h8-9,11,13,18-19,21-24H,10,12H2,1-7H3/t13-,18-,19-,21-,22+,23-,24+/m1/s1. The van der Waals surface area contributed by atoms with Crippen LogP contribution in [0.25, 0.3) is 0 Å². The van der Waals surface area contributed by atoms with Crippen LogP contribution < -0.4 is 0 Å². The number of carbonyl (C=O) groups is 5. The normalized spacial score (nSPS) is 24.8. The van der Waals surface area contributed by atoms with E-state index in [1.54, 1.807) is 12.2 Å². The van der Waals surface area contributed by atoms with E-state index in [0.29, 0.717) is 0 Å². The summed E-state index contributed by atoms with van der Waals surface area (Å²) in [6, 6.07) is 0. The molecule has 0 aromatic heterocycles. The van der Waals surface area contributed by atoms with Gasteiger partial charge in [-0.3, -0.25) is 24.0 Å². The highest BCUT2D eigenvalue weighted by Crippen LogP contribution is 2.30. The molecule has 0 amide bonds. The Balaban J connectivity index is 3.21. The molecule has 0 aromatic rings. The first-order valence-electron chi connectivity index (χ1n) is 11.7. The van der Waals surface area contributed by atoms with Crippen molar-refractivity contribution in [2.45, 2.75) is 77.8 Å². The van der Waals surface area contributed by atoms with Gasteiger partial charge in [0.05, 0.1) is 19.7 Å². The summed E-state index contributed by atoms with van der Waals surface area (Å²) in [5.74, 6) is -3.58. The molecule has 0 N–H and O–H groups in total. The maximum Gasteiger partial charge on any atom is 0.309 e. The van der Waals surface area contributed by atoms with E-state index in [0.717, 1.165) is 20.8 Å². The molecule has 0 bridgehead atoms. The lowest BCUT2D eigenvalue weighted by molar-refractivity contribution is -0.308. The summed E-state index contributed by atoms with van der Waals surface area (Å²) in [6.07, 6.45) is -2.60. The van der Waals surface area contributed by atoms with Crippen LogP contribution in [0.4, 0.5) is 0 Å². The fourth-order valence-corrected chi connectivity index (χ4v) is 3.41. The van der Waals surface area contributed by atoms with Gasteiger partial charge in [-0.2, -0.15) is 0 Å². The number of ether oxygens (including phenoxy) is 7. The van der Waals surface area contributed by atoms with Gasteiger partial charge in [-0.05, 0) is 0 Å². The van der Waals surface area contributed by atoms with Gasteiger partial charge in [0.15, 0.2) is 12.2 Å². The van der Waals surface area contributed by atoms with Gasteiger partial charge in [0.2, 0.25) is 6.10 Å². The molecule has 1 aliphatic rings. The molecule has 1 aliphatic heterocycles. The van der Waals surface area contributed by atoms with Gasteiger partial charge in [-0.25, -0.2) is 0 Å². The lowest BCUT2D eigenvalue weighted by Crippen LogP contribution is -2.62. The van der Waals surface area contributed by atoms with Gasteiger partial charge in [0, 0.05) is 40.7 Å². The maximum atomic E-state index is 11.9. The fraction of sp³-hybridized carbons (Fsp3) is 0.667. The fourth-order valence-electron chi connectivity index (χ4n) is 3.41. The van der Waals surface area contributed by atoms with Crippen LogP contribution in [0.5, 0.6) is 0 Å². The van der Waals surface area contributed by atoms with Crippen LogP contribution in [-0.2, 0) is 62.0 Å². The van der Waals surface area contributed by atoms with Crippen molar-refractivity contribution in [1.82, 2.24) is 0 Å². The van der Waals surface area contributed by atoms with E-state index in [-0.39, 0.29) is 12.3 Å². The van der Waals surface area contributed by atoms with Crippen LogP contribution in [0.3, 0.4) is 0 Å². The van der Waals surface area contributed by atoms with Crippen molar-refractivity contribution in [3.05, 3.63) is 12.2 Å². The van der Waals surface area contributed by atoms with Crippen molar-refractivity contribution < 1.29 is 62.0 Å². The predicted molar refractivity (Wildman–Crippen MR) is 127 cm³/mol. The molecule has 7 atom stereocenters. The third-order valence-electron chi connectivity index (χ3n) is 5.06. The summed E-state index contributed by atoms with van der Waals surface area (Å²) in [5.41, 5.74) is 0. The molecule has 1 saturated heterocycles. The SMILES string of the molecule is COC(=O)CC=C[C@@H](C)[C@@H](C=NO[C@@H]1O[C@H](COC(C)=O)[C@@H](OC(C)=O)[C@H](OC(C)=O)[C@H]1OC(C)=O)OC. The summed E-state index contributed by atoms with van der Waals surface area (Å²) in [6.45, 7) is 5.91. The summed E-state index contributed by atoms with van der Waals surface area (Å²) in [5, 5.41) is 3.89. The number of nitrogens with zero attached hydrogens (tertiary/aromatic N) is 1. The zero-order valence-electron chi connectivity index (χ0n) is 22.4. The minimum atomic E-state index is -1.46. The van der Waals surface area contributed by atoms with E-state index in [2.05, 4.69) is 9.89 Å². The lowest BCUT2D eigenvalue weighted by atomic mass is 9.98. The predicted octanol–water partition coefficient (Wildman–Crippen LogP) is 0.842. The molecule has 0 radical (unpaired) electrons. The average Bonchev–Trinajstić information content (AvgIpc) is 2.82. The summed E-state index contributed by atoms with van der Waals surface area (Å²) in [7, 11) is 2.73. The number of rotatable bonds is 13. The molecule has 14 nitrogen and oxygen atoms in total. The average molecular weight is 546 g/mol. The Morgan fingerprint density at radius 3 is 1.97 bits per heavy atom. The number of hydrogen-bond acceptors (Lipinski definition) is 14. The van der Waals surface area contributed by atoms with Crippen LogP contribution in [0.2, 0.25) is 0 Å². The first-order valence-corrected chi connectivity index (χ1v) is 11.7. The van der Waals surface area contributed by atoms with E-state index in [9.17, 15) is 24.0 Å². The van der Waals surface area contributed by atoms with Crippen molar-refractivity contribution in [1.29, 1.82) is 0 Å². The number of carbonyl (C=O) groups excluding carboxylic acids is 5. The van der Waals surface area contributed by atoms with Crippen LogP contribution in [0, 0.1) is 5.92 Å². The van der Waals surface area contributed by atoms with E-state index < -0.39 is 73.3 Å². The lowest BCUT2D eigenvalue weighted by Gasteiger charge is -2.42. The Morgan fingerprint density at radius 1 is 0.868 bits per heavy atom. The molecule has 0 aromatic carbocycles. The number of oxime groups is 1. The number of methoxy groups -OCH3 is 2. The Bertz CT molecular complexity index is 887. The van der Waals surface area contributed by atoms with Crippen molar-refractivity contribution in [3.63, 3.8) is 0 Å². The molecular formula is C24H35NO13. The van der Waals surface area contributed by atoms with Gasteiger partial charge in [-0.1, -0.05) is 24.2 Å². The third-order valence-corrected chi connectivity index (χ3v) is 5.06. The molecule has 14 heteroatoms. The summed E-state index contributed by atoms with van der Waals surface area (Å²) >= 11 is 0. The first kappa shape index (κ1) is 32.5. The Morgan fingerprint density at radius 2 is 1.45 bits per heavy atom. The zero-order chi connectivity index (χ0) is 28.8. The van der Waals surface area contributed by atoms with Crippen molar-refractivity contribution >= 4 is 36.1 Å². The monoisotopic (exact) mass is 545 g/mol. The summed E-state index contributed by atoms with van der Waals surface area (Å²) in [4.78, 5) is 63.6. The molecule has 0 unspecified atom stereocenters. The minimum absolute atomic E-state index is 0.0790. The minimum Gasteiger partial charge on any atom is -0.469 e. The molecule has 0 saturated carbocycles. The quantitative estimate of drug-likeness (QED) is 0.105. The zero-order valence-corrected chi connectivity index (χ0v) is 22.4. The highest BCUT2D eigenvalue weighted by atomic mass is 16.8. The first-order chi connectivity index (χ1) is 17.9. The molecule has 38 heavy (non-hydrogen) atoms. The number of hydrogen-bond donors (Lipinski definition) is 0. The summed E-state index contributed by atoms with van der Waals surface area (Å²) < 4.78 is 36.7. The maximum absolute atomic E-state index is 11.9. The largest absolute Gasteiger partial charge is 0.469 e. The van der Waals surface area contributed by atoms with Crippen molar-refractivity contribution in [3.8, 4) is 0 Å². The Kier molecular flexibility index (Phi) is 14.0. The van der Waals surface area contributed by atoms with Gasteiger partial charge < -0.3 is 38.0 Å². The van der Waals surface area contributed by atoms with Gasteiger partial charge in [-0.15, -0.1) is 0 Å². The Hall–Kier alpha value is -3.52. The molecule has 0 spiro atoms. The van der Waals surface area contributed by atoms with Gasteiger partial charge in [0.25, 0.3) is 6.29 Å². The Labute approximate surface area is 220 Å². The smallest absolute Gasteiger partial charge is 0.309 e. The number of esters is 5. The van der Waals surface area contributed by atoms with E-state index in [1.165, 1.54) is 27.4 Å². The third kappa shape index (κ3) is 11.3. The van der Waals surface area contributed by atoms with E-state index in [4.69, 9.17) is 33.3 Å². The van der Waals surface area contributed by atoms with Crippen molar-refractivity contribution in [2.75, 3.05) is 20.8 Å². The van der Waals surface area contributed by atoms with E-state index in [1.807, 2.05) is 6.92 Å². The van der Waals surface area contributed by atoms with E-state index >= 15 is 0 Å². The highest BCUT2D eigenvalue weighted by Gasteiger charge is 2.53. The molecule has 1 fully saturated rings. The van der Waals surface area contributed by atoms with Crippen LogP contribution in [0.1, 0.15) is 41.0 Å². The van der Waals surface area contributed by atoms with Crippen LogP contribution in [-0.4, -0.2) is 93.7 Å². The van der Waals surface area contributed by atoms with Gasteiger partial charge in [0.1, 0.15) is 18.8 Å². The second-order valence-electron chi connectivity index (χ2n) is 8.20. The highest BCUT2D eigenvalue weighted by molar-refractivity contribution is 5.71. The van der Waals surface area contributed by atoms with Crippen molar-refractivity contribution in [2.24, 2.45) is 11.1 Å². The molecule has 0 aliphatic carbocycles. The van der Waals surface area contributed by atoms with Crippen LogP contribution >= 0.6 is 0 Å². The molecule has 1 heterocycles. The topological polar surface area (TPSA) is 172 Å². The second kappa shape index (κ2) is 16.3. The molecular weight excluding hydrogens is 510 g/mol. The molecule has 214 valence electrons. The van der Waals surface area contributed by atoms with Gasteiger partial charge >= 0.3 is 29.8 Å². The van der Waals surface area contributed by atoms with Crippen LogP contribution in [0.15, 0.2) is 17.3 Å². The second-order valence-corrected chi connectivity index (χ2v) is 8.20.